The predicted molar refractivity (Wildman–Crippen MR) is 101 cm³/mol. The highest BCUT2D eigenvalue weighted by Crippen LogP contribution is 2.31. The van der Waals surface area contributed by atoms with Crippen molar-refractivity contribution in [2.75, 3.05) is 12.3 Å². The maximum atomic E-state index is 11.4. The van der Waals surface area contributed by atoms with Crippen molar-refractivity contribution in [3.8, 4) is 17.2 Å². The molecular weight excluding hydrogens is 368 g/mol. The Kier molecular flexibility index (Phi) is 6.60. The van der Waals surface area contributed by atoms with E-state index in [1.54, 1.807) is 39.8 Å². The normalized spacial score (nSPS) is 13.9. The van der Waals surface area contributed by atoms with E-state index in [-0.39, 0.29) is 12.3 Å². The third-order valence-corrected chi connectivity index (χ3v) is 3.63. The average Bonchev–Trinajstić information content (AvgIpc) is 2.98. The maximum absolute atomic E-state index is 11.4. The van der Waals surface area contributed by atoms with Gasteiger partial charge >= 0.3 is 5.97 Å². The second-order valence-corrected chi connectivity index (χ2v) is 7.28. The molecule has 0 aliphatic rings. The maximum Gasteiger partial charge on any atom is 0.324 e. The number of nitrogens with zero attached hydrogens (tertiary/aromatic N) is 2. The van der Waals surface area contributed by atoms with Crippen LogP contribution in [0.2, 0.25) is 0 Å². The summed E-state index contributed by atoms with van der Waals surface area (Å²) in [5, 5.41) is 29.4. The van der Waals surface area contributed by atoms with Gasteiger partial charge in [0.1, 0.15) is 18.4 Å². The molecule has 0 aliphatic carbocycles. The Labute approximate surface area is 162 Å². The summed E-state index contributed by atoms with van der Waals surface area (Å²) >= 11 is 0. The standard InChI is InChI=1S/C18H26N4O6/c1-9-6-14(12(19)7-11(9)15-22-21-10(2)27-15)26-8-13(16(23)24)20-17(25)28-18(3,4)5/h6-7,13,17,20,25H,8,19H2,1-5H3,(H,23,24)/t13-,17?/m0/s1. The first-order valence-corrected chi connectivity index (χ1v) is 8.64. The lowest BCUT2D eigenvalue weighted by atomic mass is 10.1. The lowest BCUT2D eigenvalue weighted by molar-refractivity contribution is -0.190. The molecule has 0 saturated heterocycles. The highest BCUT2D eigenvalue weighted by atomic mass is 16.6. The first kappa shape index (κ1) is 21.6. The van der Waals surface area contributed by atoms with Crippen molar-refractivity contribution in [3.05, 3.63) is 23.6 Å². The van der Waals surface area contributed by atoms with Crippen LogP contribution in [0, 0.1) is 13.8 Å². The summed E-state index contributed by atoms with van der Waals surface area (Å²) < 4.78 is 16.2. The molecule has 0 fully saturated rings. The van der Waals surface area contributed by atoms with Crippen LogP contribution in [-0.2, 0) is 9.53 Å². The van der Waals surface area contributed by atoms with E-state index in [1.807, 2.05) is 6.92 Å². The molecule has 28 heavy (non-hydrogen) atoms. The van der Waals surface area contributed by atoms with Crippen LogP contribution in [-0.4, -0.2) is 51.0 Å². The number of aliphatic hydroxyl groups is 1. The summed E-state index contributed by atoms with van der Waals surface area (Å²) in [5.41, 5.74) is 7.08. The van der Waals surface area contributed by atoms with E-state index in [0.29, 0.717) is 23.1 Å². The van der Waals surface area contributed by atoms with Crippen molar-refractivity contribution in [1.82, 2.24) is 15.5 Å². The number of benzene rings is 1. The number of carboxylic acids is 1. The third kappa shape index (κ3) is 5.91. The summed E-state index contributed by atoms with van der Waals surface area (Å²) in [5.74, 6) is -0.137. The van der Waals surface area contributed by atoms with Gasteiger partial charge in [0.15, 0.2) is 0 Å². The largest absolute Gasteiger partial charge is 0.489 e. The number of carbonyl (C=O) groups is 1. The lowest BCUT2D eigenvalue weighted by Crippen LogP contribution is -2.49. The molecule has 10 heteroatoms. The Morgan fingerprint density at radius 3 is 2.54 bits per heavy atom. The molecule has 1 aromatic heterocycles. The fourth-order valence-corrected chi connectivity index (χ4v) is 2.36. The van der Waals surface area contributed by atoms with Crippen LogP contribution in [0.1, 0.15) is 32.2 Å². The topological polar surface area (TPSA) is 153 Å². The minimum Gasteiger partial charge on any atom is -0.489 e. The Balaban J connectivity index is 2.09. The molecule has 0 amide bonds. The second-order valence-electron chi connectivity index (χ2n) is 7.28. The van der Waals surface area contributed by atoms with E-state index in [1.165, 1.54) is 0 Å². The monoisotopic (exact) mass is 394 g/mol. The number of nitrogens with two attached hydrogens (primary N) is 1. The van der Waals surface area contributed by atoms with E-state index in [9.17, 15) is 15.0 Å². The number of nitrogen functional groups attached to an aromatic ring is 1. The number of hydrogen-bond donors (Lipinski definition) is 4. The number of aliphatic carboxylic acids is 1. The summed E-state index contributed by atoms with van der Waals surface area (Å²) in [6.07, 6.45) is -1.47. The van der Waals surface area contributed by atoms with E-state index in [4.69, 9.17) is 19.6 Å². The highest BCUT2D eigenvalue weighted by Gasteiger charge is 2.25. The molecule has 0 radical (unpaired) electrons. The van der Waals surface area contributed by atoms with Crippen LogP contribution < -0.4 is 15.8 Å². The van der Waals surface area contributed by atoms with Gasteiger partial charge in [-0.15, -0.1) is 10.2 Å². The molecule has 2 atom stereocenters. The van der Waals surface area contributed by atoms with Crippen molar-refractivity contribution < 1.29 is 28.9 Å². The van der Waals surface area contributed by atoms with Crippen molar-refractivity contribution >= 4 is 11.7 Å². The minimum absolute atomic E-state index is 0.275. The van der Waals surface area contributed by atoms with Gasteiger partial charge in [-0.05, 0) is 45.4 Å². The molecule has 5 N–H and O–H groups in total. The molecule has 0 saturated carbocycles. The van der Waals surface area contributed by atoms with Crippen LogP contribution in [0.3, 0.4) is 0 Å². The fraction of sp³-hybridized carbons (Fsp3) is 0.500. The van der Waals surface area contributed by atoms with E-state index >= 15 is 0 Å². The zero-order chi connectivity index (χ0) is 21.1. The second kappa shape index (κ2) is 8.55. The summed E-state index contributed by atoms with van der Waals surface area (Å²) in [6, 6.07) is 2.07. The van der Waals surface area contributed by atoms with Gasteiger partial charge < -0.3 is 29.8 Å². The van der Waals surface area contributed by atoms with Gasteiger partial charge in [0, 0.05) is 12.5 Å². The Morgan fingerprint density at radius 1 is 1.32 bits per heavy atom. The van der Waals surface area contributed by atoms with Crippen molar-refractivity contribution in [3.63, 3.8) is 0 Å². The SMILES string of the molecule is Cc1nnc(-c2cc(N)c(OC[C@H](NC(O)OC(C)(C)C)C(=O)O)cc2C)o1. The number of carboxylic acid groups (broad SMARTS) is 1. The van der Waals surface area contributed by atoms with Crippen molar-refractivity contribution in [2.24, 2.45) is 0 Å². The minimum atomic E-state index is -1.47. The number of aromatic nitrogens is 2. The lowest BCUT2D eigenvalue weighted by Gasteiger charge is -2.26. The van der Waals surface area contributed by atoms with Gasteiger partial charge in [-0.1, -0.05) is 0 Å². The predicted octanol–water partition coefficient (Wildman–Crippen LogP) is 1.45. The number of ether oxygens (including phenoxy) is 2. The molecule has 10 nitrogen and oxygen atoms in total. The number of anilines is 1. The molecular formula is C18H26N4O6. The number of nitrogens with one attached hydrogen (secondary N) is 1. The molecule has 0 bridgehead atoms. The van der Waals surface area contributed by atoms with E-state index in [0.717, 1.165) is 5.56 Å². The van der Waals surface area contributed by atoms with Crippen molar-refractivity contribution in [1.29, 1.82) is 0 Å². The van der Waals surface area contributed by atoms with Gasteiger partial charge in [0.05, 0.1) is 11.3 Å². The zero-order valence-electron chi connectivity index (χ0n) is 16.5. The summed E-state index contributed by atoms with van der Waals surface area (Å²) in [6.45, 7) is 8.43. The Hall–Kier alpha value is -2.69. The quantitative estimate of drug-likeness (QED) is 0.382. The van der Waals surface area contributed by atoms with Gasteiger partial charge in [-0.25, -0.2) is 0 Å². The number of aryl methyl sites for hydroxylation is 2. The first-order chi connectivity index (χ1) is 13.0. The molecule has 0 spiro atoms. The average molecular weight is 394 g/mol. The van der Waals surface area contributed by atoms with Crippen LogP contribution >= 0.6 is 0 Å². The van der Waals surface area contributed by atoms with E-state index < -0.39 is 24.0 Å². The Bertz CT molecular complexity index is 830. The third-order valence-electron chi connectivity index (χ3n) is 3.63. The molecule has 2 aromatic rings. The molecule has 154 valence electrons. The van der Waals surface area contributed by atoms with Crippen LogP contribution in [0.4, 0.5) is 5.69 Å². The van der Waals surface area contributed by atoms with E-state index in [2.05, 4.69) is 15.5 Å². The summed E-state index contributed by atoms with van der Waals surface area (Å²) in [7, 11) is 0. The van der Waals surface area contributed by atoms with Gasteiger partial charge in [0.2, 0.25) is 18.2 Å². The number of rotatable bonds is 8. The van der Waals surface area contributed by atoms with Gasteiger partial charge in [-0.3, -0.25) is 10.1 Å². The molecule has 1 aromatic carbocycles. The highest BCUT2D eigenvalue weighted by molar-refractivity contribution is 5.74. The van der Waals surface area contributed by atoms with Gasteiger partial charge in [-0.2, -0.15) is 0 Å². The van der Waals surface area contributed by atoms with Crippen LogP contribution in [0.15, 0.2) is 16.5 Å². The molecule has 1 unspecified atom stereocenters. The molecule has 1 heterocycles. The molecule has 2 rings (SSSR count). The van der Waals surface area contributed by atoms with Crippen LogP contribution in [0.25, 0.3) is 11.5 Å². The fourth-order valence-electron chi connectivity index (χ4n) is 2.36. The number of aliphatic hydroxyl groups excluding tert-OH is 1. The zero-order valence-corrected chi connectivity index (χ0v) is 16.5. The van der Waals surface area contributed by atoms with Crippen molar-refractivity contribution in [2.45, 2.75) is 52.7 Å². The summed E-state index contributed by atoms with van der Waals surface area (Å²) in [4.78, 5) is 11.4. The smallest absolute Gasteiger partial charge is 0.324 e. The van der Waals surface area contributed by atoms with Crippen LogP contribution in [0.5, 0.6) is 5.75 Å². The Morgan fingerprint density at radius 2 is 2.00 bits per heavy atom. The van der Waals surface area contributed by atoms with Gasteiger partial charge in [0.25, 0.3) is 0 Å². The molecule has 0 aliphatic heterocycles. The number of hydrogen-bond acceptors (Lipinski definition) is 9. The first-order valence-electron chi connectivity index (χ1n) is 8.64.